The van der Waals surface area contributed by atoms with Crippen molar-refractivity contribution in [2.75, 3.05) is 18.0 Å². The first-order chi connectivity index (χ1) is 10.2. The van der Waals surface area contributed by atoms with Crippen molar-refractivity contribution in [3.05, 3.63) is 29.6 Å². The minimum atomic E-state index is -0.0833. The number of anilines is 1. The summed E-state index contributed by atoms with van der Waals surface area (Å²) >= 11 is 0. The van der Waals surface area contributed by atoms with Gasteiger partial charge in [0.1, 0.15) is 5.82 Å². The minimum absolute atomic E-state index is 0.0524. The minimum Gasteiger partial charge on any atom is -0.368 e. The van der Waals surface area contributed by atoms with Crippen LogP contribution in [0, 0.1) is 5.82 Å². The van der Waals surface area contributed by atoms with Gasteiger partial charge in [0.15, 0.2) is 0 Å². The molecule has 1 aromatic rings. The topological polar surface area (TPSA) is 15.3 Å². The molecule has 3 heteroatoms. The van der Waals surface area contributed by atoms with Gasteiger partial charge in [-0.15, -0.1) is 0 Å². The molecule has 1 saturated carbocycles. The third kappa shape index (κ3) is 3.76. The zero-order valence-electron chi connectivity index (χ0n) is 13.7. The highest BCUT2D eigenvalue weighted by Crippen LogP contribution is 2.34. The van der Waals surface area contributed by atoms with Crippen LogP contribution in [0.4, 0.5) is 10.1 Å². The van der Waals surface area contributed by atoms with E-state index in [2.05, 4.69) is 37.1 Å². The average Bonchev–Trinajstić information content (AvgIpc) is 3.00. The second-order valence-corrected chi connectivity index (χ2v) is 6.07. The molecule has 0 amide bonds. The highest BCUT2D eigenvalue weighted by Gasteiger charge is 2.26. The van der Waals surface area contributed by atoms with Crippen molar-refractivity contribution >= 4 is 5.69 Å². The van der Waals surface area contributed by atoms with Crippen LogP contribution >= 0.6 is 0 Å². The van der Waals surface area contributed by atoms with Gasteiger partial charge in [0.25, 0.3) is 0 Å². The van der Waals surface area contributed by atoms with Crippen molar-refractivity contribution in [1.29, 1.82) is 0 Å². The van der Waals surface area contributed by atoms with Crippen LogP contribution in [0.3, 0.4) is 0 Å². The average molecular weight is 292 g/mol. The molecule has 0 bridgehead atoms. The lowest BCUT2D eigenvalue weighted by molar-refractivity contribution is 0.521. The fourth-order valence-corrected chi connectivity index (χ4v) is 3.51. The van der Waals surface area contributed by atoms with Gasteiger partial charge >= 0.3 is 0 Å². The van der Waals surface area contributed by atoms with Gasteiger partial charge < -0.3 is 10.2 Å². The summed E-state index contributed by atoms with van der Waals surface area (Å²) in [4.78, 5) is 2.41. The normalized spacial score (nSPS) is 17.1. The Morgan fingerprint density at radius 3 is 2.62 bits per heavy atom. The molecule has 2 nitrogen and oxygen atoms in total. The van der Waals surface area contributed by atoms with Crippen LogP contribution in [0.1, 0.15) is 64.5 Å². The molecule has 0 heterocycles. The van der Waals surface area contributed by atoms with Gasteiger partial charge in [-0.2, -0.15) is 0 Å². The van der Waals surface area contributed by atoms with Crippen molar-refractivity contribution in [1.82, 2.24) is 5.32 Å². The van der Waals surface area contributed by atoms with Gasteiger partial charge in [-0.1, -0.05) is 25.8 Å². The molecule has 1 unspecified atom stereocenters. The Morgan fingerprint density at radius 2 is 2.00 bits per heavy atom. The fourth-order valence-electron chi connectivity index (χ4n) is 3.51. The van der Waals surface area contributed by atoms with Gasteiger partial charge in [0.2, 0.25) is 0 Å². The lowest BCUT2D eigenvalue weighted by Crippen LogP contribution is -2.35. The molecule has 0 radical (unpaired) electrons. The van der Waals surface area contributed by atoms with Crippen LogP contribution in [0.25, 0.3) is 0 Å². The molecular weight excluding hydrogens is 263 g/mol. The van der Waals surface area contributed by atoms with Crippen molar-refractivity contribution in [2.45, 2.75) is 65.0 Å². The molecule has 0 spiro atoms. The van der Waals surface area contributed by atoms with Crippen LogP contribution in [0.2, 0.25) is 0 Å². The second kappa shape index (κ2) is 7.79. The summed E-state index contributed by atoms with van der Waals surface area (Å²) in [5.74, 6) is -0.0833. The van der Waals surface area contributed by atoms with Crippen LogP contribution in [-0.4, -0.2) is 19.1 Å². The number of halogens is 1. The third-order valence-electron chi connectivity index (χ3n) is 4.58. The lowest BCUT2D eigenvalue weighted by atomic mass is 10.0. The number of nitrogens with zero attached hydrogens (tertiary/aromatic N) is 1. The summed E-state index contributed by atoms with van der Waals surface area (Å²) in [5, 5.41) is 3.43. The summed E-state index contributed by atoms with van der Waals surface area (Å²) in [6, 6.07) is 6.15. The molecular formula is C18H29FN2. The van der Waals surface area contributed by atoms with Crippen molar-refractivity contribution in [3.63, 3.8) is 0 Å². The van der Waals surface area contributed by atoms with Gasteiger partial charge in [-0.05, 0) is 51.8 Å². The van der Waals surface area contributed by atoms with E-state index in [4.69, 9.17) is 0 Å². The van der Waals surface area contributed by atoms with E-state index in [0.717, 1.165) is 30.8 Å². The van der Waals surface area contributed by atoms with Crippen molar-refractivity contribution in [3.8, 4) is 0 Å². The number of hydrogen-bond acceptors (Lipinski definition) is 2. The maximum Gasteiger partial charge on any atom is 0.130 e. The van der Waals surface area contributed by atoms with E-state index < -0.39 is 0 Å². The van der Waals surface area contributed by atoms with Gasteiger partial charge in [-0.3, -0.25) is 0 Å². The number of hydrogen-bond donors (Lipinski definition) is 1. The zero-order valence-corrected chi connectivity index (χ0v) is 13.7. The summed E-state index contributed by atoms with van der Waals surface area (Å²) in [6.07, 6.45) is 6.14. The smallest absolute Gasteiger partial charge is 0.130 e. The SMILES string of the molecule is CCCNC(C)c1c(F)cccc1N(CC)C1CCCC1. The number of nitrogens with one attached hydrogen (secondary N) is 1. The monoisotopic (exact) mass is 292 g/mol. The van der Waals surface area contributed by atoms with E-state index >= 15 is 0 Å². The molecule has 0 saturated heterocycles. The Balaban J connectivity index is 2.30. The van der Waals surface area contributed by atoms with Gasteiger partial charge in [0, 0.05) is 29.9 Å². The van der Waals surface area contributed by atoms with Crippen molar-refractivity contribution in [2.24, 2.45) is 0 Å². The first kappa shape index (κ1) is 16.3. The molecule has 0 aromatic heterocycles. The molecule has 1 aliphatic rings. The highest BCUT2D eigenvalue weighted by atomic mass is 19.1. The fraction of sp³-hybridized carbons (Fsp3) is 0.667. The Labute approximate surface area is 128 Å². The molecule has 1 aliphatic carbocycles. The van der Waals surface area contributed by atoms with Crippen LogP contribution in [-0.2, 0) is 0 Å². The molecule has 1 aromatic carbocycles. The Morgan fingerprint density at radius 1 is 1.29 bits per heavy atom. The summed E-state index contributed by atoms with van der Waals surface area (Å²) in [6.45, 7) is 8.25. The lowest BCUT2D eigenvalue weighted by Gasteiger charge is -2.33. The first-order valence-electron chi connectivity index (χ1n) is 8.47. The van der Waals surface area contributed by atoms with E-state index in [1.165, 1.54) is 25.7 Å². The van der Waals surface area contributed by atoms with Crippen molar-refractivity contribution < 1.29 is 4.39 Å². The summed E-state index contributed by atoms with van der Waals surface area (Å²) in [7, 11) is 0. The van der Waals surface area contributed by atoms with E-state index in [1.807, 2.05) is 6.07 Å². The van der Waals surface area contributed by atoms with Crippen LogP contribution in [0.15, 0.2) is 18.2 Å². The third-order valence-corrected chi connectivity index (χ3v) is 4.58. The van der Waals surface area contributed by atoms with Crippen LogP contribution < -0.4 is 10.2 Å². The predicted octanol–water partition coefficient (Wildman–Crippen LogP) is 4.66. The number of rotatable bonds is 7. The maximum atomic E-state index is 14.4. The van der Waals surface area contributed by atoms with E-state index in [9.17, 15) is 4.39 Å². The molecule has 118 valence electrons. The Hall–Kier alpha value is -1.09. The summed E-state index contributed by atoms with van der Waals surface area (Å²) < 4.78 is 14.4. The van der Waals surface area contributed by atoms with E-state index in [-0.39, 0.29) is 11.9 Å². The quantitative estimate of drug-likeness (QED) is 0.786. The standard InChI is InChI=1S/C18H29FN2/c1-4-13-20-14(3)18-16(19)11-8-12-17(18)21(5-2)15-9-6-7-10-15/h8,11-12,14-15,20H,4-7,9-10,13H2,1-3H3. The number of benzene rings is 1. The van der Waals surface area contributed by atoms with Gasteiger partial charge in [0.05, 0.1) is 0 Å². The van der Waals surface area contributed by atoms with Gasteiger partial charge in [-0.25, -0.2) is 4.39 Å². The van der Waals surface area contributed by atoms with E-state index in [0.29, 0.717) is 6.04 Å². The molecule has 1 atom stereocenters. The molecule has 1 fully saturated rings. The Kier molecular flexibility index (Phi) is 6.04. The zero-order chi connectivity index (χ0) is 15.2. The molecule has 2 rings (SSSR count). The summed E-state index contributed by atoms with van der Waals surface area (Å²) in [5.41, 5.74) is 1.92. The van der Waals surface area contributed by atoms with E-state index in [1.54, 1.807) is 6.07 Å². The second-order valence-electron chi connectivity index (χ2n) is 6.07. The van der Waals surface area contributed by atoms with Crippen LogP contribution in [0.5, 0.6) is 0 Å². The molecule has 1 N–H and O–H groups in total. The highest BCUT2D eigenvalue weighted by molar-refractivity contribution is 5.56. The maximum absolute atomic E-state index is 14.4. The Bertz CT molecular complexity index is 441. The predicted molar refractivity (Wildman–Crippen MR) is 88.4 cm³/mol. The largest absolute Gasteiger partial charge is 0.368 e. The first-order valence-corrected chi connectivity index (χ1v) is 8.47. The molecule has 21 heavy (non-hydrogen) atoms. The molecule has 0 aliphatic heterocycles.